The van der Waals surface area contributed by atoms with E-state index in [4.69, 9.17) is 0 Å². The van der Waals surface area contributed by atoms with Gasteiger partial charge in [0.25, 0.3) is 5.69 Å². The highest BCUT2D eigenvalue weighted by Gasteiger charge is 2.12. The summed E-state index contributed by atoms with van der Waals surface area (Å²) in [6, 6.07) is 6.11. The van der Waals surface area contributed by atoms with Gasteiger partial charge in [0, 0.05) is 18.9 Å². The molecule has 6 nitrogen and oxygen atoms in total. The van der Waals surface area contributed by atoms with Gasteiger partial charge >= 0.3 is 0 Å². The average Bonchev–Trinajstić information content (AvgIpc) is 2.16. The lowest BCUT2D eigenvalue weighted by Gasteiger charge is -2.05. The first-order chi connectivity index (χ1) is 7.40. The zero-order chi connectivity index (χ0) is 12.2. The van der Waals surface area contributed by atoms with E-state index in [9.17, 15) is 18.5 Å². The van der Waals surface area contributed by atoms with Crippen molar-refractivity contribution in [1.82, 2.24) is 0 Å². The molecule has 0 aliphatic heterocycles. The Balaban J connectivity index is 2.71. The second-order valence-corrected chi connectivity index (χ2v) is 5.59. The zero-order valence-corrected chi connectivity index (χ0v) is 9.53. The first-order valence-corrected chi connectivity index (χ1v) is 6.61. The molecule has 0 aromatic heterocycles. The van der Waals surface area contributed by atoms with Crippen LogP contribution in [0.1, 0.15) is 0 Å². The normalized spacial score (nSPS) is 11.1. The van der Waals surface area contributed by atoms with Gasteiger partial charge in [0.1, 0.15) is 15.5 Å². The molecule has 0 spiro atoms. The lowest BCUT2D eigenvalue weighted by atomic mass is 10.2. The molecule has 0 amide bonds. The third-order valence-corrected chi connectivity index (χ3v) is 2.83. The Kier molecular flexibility index (Phi) is 3.83. The minimum absolute atomic E-state index is 0.0565. The molecule has 0 fully saturated rings. The fourth-order valence-corrected chi connectivity index (χ4v) is 1.63. The van der Waals surface area contributed by atoms with Gasteiger partial charge in [0.05, 0.1) is 10.7 Å². The predicted molar refractivity (Wildman–Crippen MR) is 61.3 cm³/mol. The van der Waals surface area contributed by atoms with E-state index in [1.54, 1.807) is 18.2 Å². The molecule has 7 heteroatoms. The fourth-order valence-electron chi connectivity index (χ4n) is 1.15. The Hall–Kier alpha value is -1.63. The average molecular weight is 244 g/mol. The zero-order valence-electron chi connectivity index (χ0n) is 8.71. The van der Waals surface area contributed by atoms with Gasteiger partial charge < -0.3 is 5.32 Å². The van der Waals surface area contributed by atoms with Gasteiger partial charge in [-0.2, -0.15) is 0 Å². The number of hydrogen-bond donors (Lipinski definition) is 1. The largest absolute Gasteiger partial charge is 0.378 e. The number of nitro benzene ring substituents is 1. The van der Waals surface area contributed by atoms with Gasteiger partial charge in [-0.1, -0.05) is 12.1 Å². The molecule has 0 saturated carbocycles. The number of anilines is 1. The van der Waals surface area contributed by atoms with Crippen molar-refractivity contribution in [3.63, 3.8) is 0 Å². The third kappa shape index (κ3) is 3.85. The molecule has 0 unspecified atom stereocenters. The van der Waals surface area contributed by atoms with Crippen LogP contribution in [0.25, 0.3) is 0 Å². The van der Waals surface area contributed by atoms with Crippen LogP contribution in [-0.4, -0.2) is 31.9 Å². The van der Waals surface area contributed by atoms with Crippen molar-refractivity contribution in [3.8, 4) is 0 Å². The first kappa shape index (κ1) is 12.4. The summed E-state index contributed by atoms with van der Waals surface area (Å²) in [7, 11) is -3.06. The number of nitro groups is 1. The Morgan fingerprint density at radius 1 is 1.38 bits per heavy atom. The summed E-state index contributed by atoms with van der Waals surface area (Å²) in [4.78, 5) is 10.1. The van der Waals surface area contributed by atoms with Crippen molar-refractivity contribution in [2.75, 3.05) is 23.9 Å². The third-order valence-electron chi connectivity index (χ3n) is 1.89. The van der Waals surface area contributed by atoms with Gasteiger partial charge in [-0.3, -0.25) is 10.1 Å². The van der Waals surface area contributed by atoms with Crippen LogP contribution in [0.3, 0.4) is 0 Å². The molecule has 0 radical (unpaired) electrons. The minimum atomic E-state index is -3.06. The van der Waals surface area contributed by atoms with Crippen LogP contribution in [0.15, 0.2) is 24.3 Å². The smallest absolute Gasteiger partial charge is 0.292 e. The van der Waals surface area contributed by atoms with Crippen LogP contribution >= 0.6 is 0 Å². The van der Waals surface area contributed by atoms with Crippen molar-refractivity contribution in [2.45, 2.75) is 0 Å². The maximum absolute atomic E-state index is 10.9. The van der Waals surface area contributed by atoms with Gasteiger partial charge in [0.15, 0.2) is 0 Å². The molecule has 0 atom stereocenters. The van der Waals surface area contributed by atoms with Crippen LogP contribution in [0.2, 0.25) is 0 Å². The van der Waals surface area contributed by atoms with Crippen molar-refractivity contribution in [1.29, 1.82) is 0 Å². The second-order valence-electron chi connectivity index (χ2n) is 3.33. The van der Waals surface area contributed by atoms with Crippen LogP contribution in [0, 0.1) is 10.1 Å². The molecule has 0 aliphatic rings. The lowest BCUT2D eigenvalue weighted by molar-refractivity contribution is -0.384. The van der Waals surface area contributed by atoms with Crippen LogP contribution in [0.5, 0.6) is 0 Å². The molecule has 0 bridgehead atoms. The first-order valence-electron chi connectivity index (χ1n) is 4.55. The molecular formula is C9H12N2O4S. The van der Waals surface area contributed by atoms with Gasteiger partial charge in [-0.25, -0.2) is 8.42 Å². The summed E-state index contributed by atoms with van der Waals surface area (Å²) in [6.45, 7) is 0.156. The molecule has 1 N–H and O–H groups in total. The number of nitrogens with zero attached hydrogens (tertiary/aromatic N) is 1. The topological polar surface area (TPSA) is 89.3 Å². The highest BCUT2D eigenvalue weighted by Crippen LogP contribution is 2.22. The van der Waals surface area contributed by atoms with E-state index in [0.29, 0.717) is 5.69 Å². The van der Waals surface area contributed by atoms with Crippen molar-refractivity contribution >= 4 is 21.2 Å². The molecular weight excluding hydrogens is 232 g/mol. The maximum atomic E-state index is 10.9. The lowest BCUT2D eigenvalue weighted by Crippen LogP contribution is -2.14. The van der Waals surface area contributed by atoms with Crippen LogP contribution in [-0.2, 0) is 9.84 Å². The van der Waals surface area contributed by atoms with E-state index in [2.05, 4.69) is 5.32 Å². The summed E-state index contributed by atoms with van der Waals surface area (Å²) < 4.78 is 21.7. The van der Waals surface area contributed by atoms with Gasteiger partial charge in [-0.15, -0.1) is 0 Å². The molecule has 1 aromatic carbocycles. The van der Waals surface area contributed by atoms with E-state index >= 15 is 0 Å². The molecule has 1 aromatic rings. The van der Waals surface area contributed by atoms with Crippen LogP contribution < -0.4 is 5.32 Å². The number of hydrogen-bond acceptors (Lipinski definition) is 5. The summed E-state index contributed by atoms with van der Waals surface area (Å²) in [5.41, 5.74) is 0.271. The van der Waals surface area contributed by atoms with E-state index in [0.717, 1.165) is 6.26 Å². The number of sulfone groups is 1. The van der Waals surface area contributed by atoms with E-state index in [1.165, 1.54) is 6.07 Å². The maximum Gasteiger partial charge on any atom is 0.292 e. The molecule has 0 saturated heterocycles. The molecule has 0 heterocycles. The summed E-state index contributed by atoms with van der Waals surface area (Å²) >= 11 is 0. The highest BCUT2D eigenvalue weighted by molar-refractivity contribution is 7.90. The summed E-state index contributed by atoms with van der Waals surface area (Å²) in [5, 5.41) is 13.4. The summed E-state index contributed by atoms with van der Waals surface area (Å²) in [6.07, 6.45) is 1.12. The highest BCUT2D eigenvalue weighted by atomic mass is 32.2. The number of nitrogens with one attached hydrogen (secondary N) is 1. The van der Waals surface area contributed by atoms with Crippen molar-refractivity contribution in [3.05, 3.63) is 34.4 Å². The fraction of sp³-hybridized carbons (Fsp3) is 0.333. The van der Waals surface area contributed by atoms with Crippen molar-refractivity contribution < 1.29 is 13.3 Å². The minimum Gasteiger partial charge on any atom is -0.378 e. The van der Waals surface area contributed by atoms with E-state index in [-0.39, 0.29) is 18.0 Å². The molecule has 88 valence electrons. The number of rotatable bonds is 5. The van der Waals surface area contributed by atoms with Gasteiger partial charge in [-0.05, 0) is 6.07 Å². The van der Waals surface area contributed by atoms with Gasteiger partial charge in [0.2, 0.25) is 0 Å². The molecule has 0 aliphatic carbocycles. The quantitative estimate of drug-likeness (QED) is 0.617. The second kappa shape index (κ2) is 4.93. The Bertz CT molecular complexity index is 484. The number of para-hydroxylation sites is 2. The molecule has 16 heavy (non-hydrogen) atoms. The standard InChI is InChI=1S/C9H12N2O4S/c1-16(14,15)7-6-10-8-4-2-3-5-9(8)11(12)13/h2-5,10H,6-7H2,1H3. The SMILES string of the molecule is CS(=O)(=O)CCNc1ccccc1[N+](=O)[O-]. The Morgan fingerprint density at radius 3 is 2.56 bits per heavy atom. The van der Waals surface area contributed by atoms with Crippen molar-refractivity contribution in [2.24, 2.45) is 0 Å². The Labute approximate surface area is 93.4 Å². The summed E-state index contributed by atoms with van der Waals surface area (Å²) in [5.74, 6) is -0.0565. The van der Waals surface area contributed by atoms with E-state index in [1.807, 2.05) is 0 Å². The number of benzene rings is 1. The van der Waals surface area contributed by atoms with Crippen LogP contribution in [0.4, 0.5) is 11.4 Å². The predicted octanol–water partition coefficient (Wildman–Crippen LogP) is 1.05. The molecule has 1 rings (SSSR count). The van der Waals surface area contributed by atoms with E-state index < -0.39 is 14.8 Å². The Morgan fingerprint density at radius 2 is 2.00 bits per heavy atom. The monoisotopic (exact) mass is 244 g/mol.